The maximum atomic E-state index is 10.6. The third-order valence-corrected chi connectivity index (χ3v) is 10.1. The molecule has 1 atom stereocenters. The lowest BCUT2D eigenvalue weighted by atomic mass is 9.83. The van der Waals surface area contributed by atoms with Gasteiger partial charge in [-0.15, -0.1) is 0 Å². The number of rotatable bonds is 3. The largest absolute Gasteiger partial charge is 0.458 e. The van der Waals surface area contributed by atoms with Gasteiger partial charge in [-0.2, -0.15) is 10.5 Å². The monoisotopic (exact) mass is 626 g/mol. The molecule has 5 nitrogen and oxygen atoms in total. The first-order chi connectivity index (χ1) is 24.2. The summed E-state index contributed by atoms with van der Waals surface area (Å²) in [5, 5.41) is 25.7. The smallest absolute Gasteiger partial charge is 0.159 e. The van der Waals surface area contributed by atoms with Crippen LogP contribution in [0.5, 0.6) is 0 Å². The number of hydrogen-bond acceptors (Lipinski definition) is 3. The normalized spacial score (nSPS) is 14.1. The van der Waals surface area contributed by atoms with E-state index in [0.29, 0.717) is 17.5 Å². The average Bonchev–Trinajstić information content (AvgIpc) is 3.82. The Kier molecular flexibility index (Phi) is 5.76. The van der Waals surface area contributed by atoms with Crippen molar-refractivity contribution in [3.05, 3.63) is 161 Å². The number of nitriles is 2. The van der Waals surface area contributed by atoms with Crippen molar-refractivity contribution in [2.24, 2.45) is 0 Å². The van der Waals surface area contributed by atoms with Crippen LogP contribution in [-0.2, 0) is 0 Å². The van der Waals surface area contributed by atoms with Crippen molar-refractivity contribution in [2.45, 2.75) is 12.3 Å². The van der Waals surface area contributed by atoms with Crippen LogP contribution in [0.3, 0.4) is 0 Å². The van der Waals surface area contributed by atoms with Crippen molar-refractivity contribution in [1.82, 2.24) is 9.13 Å². The van der Waals surface area contributed by atoms with Gasteiger partial charge < -0.3 is 13.6 Å². The summed E-state index contributed by atoms with van der Waals surface area (Å²) in [4.78, 5) is 0. The van der Waals surface area contributed by atoms with Crippen LogP contribution in [0.2, 0.25) is 0 Å². The first kappa shape index (κ1) is 27.3. The molecule has 1 aliphatic rings. The fourth-order valence-corrected chi connectivity index (χ4v) is 8.11. The maximum Gasteiger partial charge on any atom is 0.159 e. The molecule has 228 valence electrons. The molecule has 6 aromatic carbocycles. The predicted molar refractivity (Wildman–Crippen MR) is 196 cm³/mol. The Morgan fingerprint density at radius 1 is 0.612 bits per heavy atom. The van der Waals surface area contributed by atoms with E-state index < -0.39 is 0 Å². The van der Waals surface area contributed by atoms with Crippen LogP contribution >= 0.6 is 0 Å². The number of furan rings is 1. The van der Waals surface area contributed by atoms with Crippen LogP contribution in [0, 0.1) is 22.7 Å². The molecule has 10 rings (SSSR count). The summed E-state index contributed by atoms with van der Waals surface area (Å²) in [6, 6.07) is 48.3. The lowest BCUT2D eigenvalue weighted by Crippen LogP contribution is -2.11. The number of benzene rings is 6. The molecule has 0 fully saturated rings. The minimum atomic E-state index is -0.197. The summed E-state index contributed by atoms with van der Waals surface area (Å²) >= 11 is 0. The molecule has 0 aliphatic heterocycles. The Labute approximate surface area is 281 Å². The second-order valence-corrected chi connectivity index (χ2v) is 12.6. The number of aromatic nitrogens is 2. The number of hydrogen-bond donors (Lipinski definition) is 0. The summed E-state index contributed by atoms with van der Waals surface area (Å²) in [6.45, 7) is 0. The van der Waals surface area contributed by atoms with Crippen LogP contribution < -0.4 is 0 Å². The SMILES string of the molecule is N#Cc1ccc2c(c1)c1ccccc1n2-c1cccc(C#N)c1C1CC=Cc2c1oc1c2ccc2c3ccccc3n(-c3ccccc3)c21. The van der Waals surface area contributed by atoms with Crippen molar-refractivity contribution in [2.75, 3.05) is 0 Å². The van der Waals surface area contributed by atoms with Crippen molar-refractivity contribution in [3.8, 4) is 23.5 Å². The maximum absolute atomic E-state index is 10.6. The Balaban J connectivity index is 1.27. The van der Waals surface area contributed by atoms with E-state index in [-0.39, 0.29) is 5.92 Å². The molecular weight excluding hydrogens is 601 g/mol. The Morgan fingerprint density at radius 2 is 1.33 bits per heavy atom. The van der Waals surface area contributed by atoms with E-state index in [0.717, 1.165) is 77.5 Å². The zero-order chi connectivity index (χ0) is 32.6. The van der Waals surface area contributed by atoms with Gasteiger partial charge in [0.05, 0.1) is 51.0 Å². The molecule has 0 saturated heterocycles. The Morgan fingerprint density at radius 3 is 2.12 bits per heavy atom. The molecule has 0 bridgehead atoms. The molecule has 0 saturated carbocycles. The van der Waals surface area contributed by atoms with Gasteiger partial charge in [0.2, 0.25) is 0 Å². The Hall–Kier alpha value is -6.82. The lowest BCUT2D eigenvalue weighted by molar-refractivity contribution is 0.517. The van der Waals surface area contributed by atoms with Crippen LogP contribution in [0.25, 0.3) is 72.0 Å². The van der Waals surface area contributed by atoms with E-state index in [2.05, 4.69) is 112 Å². The predicted octanol–water partition coefficient (Wildman–Crippen LogP) is 10.9. The molecule has 5 heteroatoms. The van der Waals surface area contributed by atoms with Crippen LogP contribution in [0.1, 0.15) is 40.4 Å². The van der Waals surface area contributed by atoms with Crippen molar-refractivity contribution in [1.29, 1.82) is 10.5 Å². The zero-order valence-electron chi connectivity index (χ0n) is 26.3. The van der Waals surface area contributed by atoms with E-state index in [4.69, 9.17) is 4.42 Å². The van der Waals surface area contributed by atoms with Gasteiger partial charge in [-0.3, -0.25) is 0 Å². The van der Waals surface area contributed by atoms with Crippen LogP contribution in [0.15, 0.2) is 138 Å². The summed E-state index contributed by atoms with van der Waals surface area (Å²) in [7, 11) is 0. The number of nitrogens with zero attached hydrogens (tertiary/aromatic N) is 4. The van der Waals surface area contributed by atoms with E-state index in [9.17, 15) is 10.5 Å². The number of fused-ring (bicyclic) bond motifs is 10. The summed E-state index contributed by atoms with van der Waals surface area (Å²) in [5.74, 6) is 0.670. The van der Waals surface area contributed by atoms with E-state index in [1.165, 1.54) is 5.39 Å². The minimum Gasteiger partial charge on any atom is -0.458 e. The first-order valence-corrected chi connectivity index (χ1v) is 16.4. The fraction of sp³-hybridized carbons (Fsp3) is 0.0455. The van der Waals surface area contributed by atoms with Gasteiger partial charge in [0.15, 0.2) is 5.58 Å². The quantitative estimate of drug-likeness (QED) is 0.196. The summed E-state index contributed by atoms with van der Waals surface area (Å²) in [6.07, 6.45) is 5.08. The van der Waals surface area contributed by atoms with Crippen molar-refractivity contribution >= 4 is 60.7 Å². The van der Waals surface area contributed by atoms with Gasteiger partial charge in [-0.25, -0.2) is 0 Å². The van der Waals surface area contributed by atoms with Gasteiger partial charge in [-0.1, -0.05) is 78.9 Å². The topological polar surface area (TPSA) is 70.6 Å². The highest BCUT2D eigenvalue weighted by molar-refractivity contribution is 6.18. The standard InChI is InChI=1S/C44H26N4O/c45-25-27-20-23-39-36(24-27)31-14-5-7-18-38(31)48(39)40-19-8-10-28(26-46)41(40)35-16-9-15-33-34-22-21-32-30-13-4-6-17-37(30)47(29-11-2-1-3-12-29)42(32)44(34)49-43(33)35/h1-15,17-24,35H,16H2. The Bertz CT molecular complexity index is 2940. The molecule has 0 spiro atoms. The molecule has 0 radical (unpaired) electrons. The highest BCUT2D eigenvalue weighted by atomic mass is 16.3. The second-order valence-electron chi connectivity index (χ2n) is 12.6. The zero-order valence-corrected chi connectivity index (χ0v) is 26.3. The molecule has 0 amide bonds. The highest BCUT2D eigenvalue weighted by Gasteiger charge is 2.32. The molecule has 49 heavy (non-hydrogen) atoms. The fourth-order valence-electron chi connectivity index (χ4n) is 8.11. The molecular formula is C44H26N4O. The number of para-hydroxylation sites is 3. The third-order valence-electron chi connectivity index (χ3n) is 10.1. The van der Waals surface area contributed by atoms with Gasteiger partial charge in [0.1, 0.15) is 5.76 Å². The first-order valence-electron chi connectivity index (χ1n) is 16.4. The van der Waals surface area contributed by atoms with Gasteiger partial charge in [0.25, 0.3) is 0 Å². The summed E-state index contributed by atoms with van der Waals surface area (Å²) < 4.78 is 11.7. The van der Waals surface area contributed by atoms with Crippen LogP contribution in [0.4, 0.5) is 0 Å². The van der Waals surface area contributed by atoms with Crippen molar-refractivity contribution in [3.63, 3.8) is 0 Å². The van der Waals surface area contributed by atoms with Gasteiger partial charge in [0, 0.05) is 49.7 Å². The molecule has 1 unspecified atom stereocenters. The van der Waals surface area contributed by atoms with Gasteiger partial charge >= 0.3 is 0 Å². The number of allylic oxidation sites excluding steroid dienone is 1. The highest BCUT2D eigenvalue weighted by Crippen LogP contribution is 2.47. The van der Waals surface area contributed by atoms with Crippen molar-refractivity contribution < 1.29 is 4.42 Å². The van der Waals surface area contributed by atoms with E-state index in [1.54, 1.807) is 0 Å². The third kappa shape index (κ3) is 3.79. The molecule has 3 heterocycles. The lowest BCUT2D eigenvalue weighted by Gasteiger charge is -2.23. The van der Waals surface area contributed by atoms with Crippen LogP contribution in [-0.4, -0.2) is 9.13 Å². The molecule has 1 aliphatic carbocycles. The van der Waals surface area contributed by atoms with E-state index >= 15 is 0 Å². The molecule has 9 aromatic rings. The average molecular weight is 627 g/mol. The summed E-state index contributed by atoms with van der Waals surface area (Å²) in [5.41, 5.74) is 10.2. The van der Waals surface area contributed by atoms with E-state index in [1.807, 2.05) is 48.5 Å². The molecule has 0 N–H and O–H groups in total. The second kappa shape index (κ2) is 10.3. The van der Waals surface area contributed by atoms with Gasteiger partial charge in [-0.05, 0) is 67.1 Å². The molecule has 3 aromatic heterocycles. The minimum absolute atomic E-state index is 0.197.